The van der Waals surface area contributed by atoms with Gasteiger partial charge in [-0.2, -0.15) is 10.5 Å². The summed E-state index contributed by atoms with van der Waals surface area (Å²) in [6.45, 7) is -0.282. The Kier molecular flexibility index (Phi) is 5.27. The molecule has 0 aromatic heterocycles. The Labute approximate surface area is 109 Å². The van der Waals surface area contributed by atoms with Crippen LogP contribution < -0.4 is 11.1 Å². The number of carbonyl (C=O) groups excluding carboxylic acids is 1. The Morgan fingerprint density at radius 1 is 1.37 bits per heavy atom. The zero-order chi connectivity index (χ0) is 14.3. The molecule has 0 saturated heterocycles. The van der Waals surface area contributed by atoms with E-state index in [1.54, 1.807) is 0 Å². The summed E-state index contributed by atoms with van der Waals surface area (Å²) >= 11 is 0. The first kappa shape index (κ1) is 14.4. The Morgan fingerprint density at radius 2 is 2.00 bits per heavy atom. The number of amides is 1. The molecule has 1 amide bonds. The second kappa shape index (κ2) is 6.94. The number of anilines is 2. The number of nitriles is 2. The van der Waals surface area contributed by atoms with E-state index in [1.807, 2.05) is 12.1 Å². The van der Waals surface area contributed by atoms with Gasteiger partial charge in [-0.25, -0.2) is 4.39 Å². The first-order valence-electron chi connectivity index (χ1n) is 5.38. The number of nitrogen functional groups attached to an aromatic ring is 1. The summed E-state index contributed by atoms with van der Waals surface area (Å²) in [5.41, 5.74) is 5.78. The molecule has 0 spiro atoms. The van der Waals surface area contributed by atoms with Gasteiger partial charge in [-0.05, 0) is 18.2 Å². The monoisotopic (exact) mass is 261 g/mol. The van der Waals surface area contributed by atoms with E-state index in [1.165, 1.54) is 17.0 Å². The van der Waals surface area contributed by atoms with Gasteiger partial charge >= 0.3 is 0 Å². The van der Waals surface area contributed by atoms with Crippen molar-refractivity contribution in [2.24, 2.45) is 0 Å². The van der Waals surface area contributed by atoms with E-state index in [-0.39, 0.29) is 25.3 Å². The van der Waals surface area contributed by atoms with Crippen molar-refractivity contribution < 1.29 is 9.18 Å². The highest BCUT2D eigenvalue weighted by molar-refractivity contribution is 5.92. The first-order valence-corrected chi connectivity index (χ1v) is 5.38. The van der Waals surface area contributed by atoms with Crippen molar-refractivity contribution in [1.82, 2.24) is 4.90 Å². The SMILES string of the molecule is N#CCN(CC#N)CC(=O)Nc1cc(N)ccc1F. The summed E-state index contributed by atoms with van der Waals surface area (Å²) in [5.74, 6) is -1.12. The van der Waals surface area contributed by atoms with Crippen molar-refractivity contribution in [2.75, 3.05) is 30.7 Å². The van der Waals surface area contributed by atoms with Gasteiger partial charge in [-0.1, -0.05) is 0 Å². The van der Waals surface area contributed by atoms with E-state index in [9.17, 15) is 9.18 Å². The minimum atomic E-state index is -0.602. The van der Waals surface area contributed by atoms with Gasteiger partial charge < -0.3 is 11.1 Å². The molecule has 1 aromatic rings. The van der Waals surface area contributed by atoms with Crippen LogP contribution in [-0.4, -0.2) is 30.4 Å². The molecule has 0 heterocycles. The topological polar surface area (TPSA) is 106 Å². The highest BCUT2D eigenvalue weighted by Crippen LogP contribution is 2.17. The minimum absolute atomic E-state index is 0.0288. The number of rotatable bonds is 5. The maximum absolute atomic E-state index is 13.4. The van der Waals surface area contributed by atoms with E-state index in [0.717, 1.165) is 6.07 Å². The Morgan fingerprint density at radius 3 is 2.58 bits per heavy atom. The molecule has 3 N–H and O–H groups in total. The van der Waals surface area contributed by atoms with Gasteiger partial charge in [0.1, 0.15) is 5.82 Å². The maximum atomic E-state index is 13.4. The molecule has 0 aliphatic rings. The summed E-state index contributed by atoms with van der Waals surface area (Å²) in [7, 11) is 0. The van der Waals surface area contributed by atoms with Crippen LogP contribution >= 0.6 is 0 Å². The van der Waals surface area contributed by atoms with Crippen LogP contribution in [0.25, 0.3) is 0 Å². The number of halogens is 1. The molecule has 6 nitrogen and oxygen atoms in total. The molecule has 0 unspecified atom stereocenters. The van der Waals surface area contributed by atoms with Crippen molar-refractivity contribution in [3.63, 3.8) is 0 Å². The molecule has 0 fully saturated rings. The van der Waals surface area contributed by atoms with Crippen molar-refractivity contribution in [3.05, 3.63) is 24.0 Å². The lowest BCUT2D eigenvalue weighted by Crippen LogP contribution is -2.34. The smallest absolute Gasteiger partial charge is 0.238 e. The fourth-order valence-corrected chi connectivity index (χ4v) is 1.40. The third-order valence-electron chi connectivity index (χ3n) is 2.22. The van der Waals surface area contributed by atoms with Crippen LogP contribution in [0.4, 0.5) is 15.8 Å². The van der Waals surface area contributed by atoms with Crippen molar-refractivity contribution >= 4 is 17.3 Å². The number of nitrogens with zero attached hydrogens (tertiary/aromatic N) is 3. The Bertz CT molecular complexity index is 530. The fourth-order valence-electron chi connectivity index (χ4n) is 1.40. The van der Waals surface area contributed by atoms with E-state index in [2.05, 4.69) is 5.32 Å². The van der Waals surface area contributed by atoms with Crippen molar-refractivity contribution in [2.45, 2.75) is 0 Å². The van der Waals surface area contributed by atoms with E-state index >= 15 is 0 Å². The largest absolute Gasteiger partial charge is 0.399 e. The van der Waals surface area contributed by atoms with Crippen LogP contribution in [0.3, 0.4) is 0 Å². The second-order valence-electron chi connectivity index (χ2n) is 3.75. The molecular weight excluding hydrogens is 249 g/mol. The molecule has 19 heavy (non-hydrogen) atoms. The van der Waals surface area contributed by atoms with Crippen LogP contribution in [0.1, 0.15) is 0 Å². The van der Waals surface area contributed by atoms with Crippen LogP contribution in [0.2, 0.25) is 0 Å². The molecule has 1 rings (SSSR count). The number of benzene rings is 1. The van der Waals surface area contributed by atoms with Gasteiger partial charge in [0, 0.05) is 5.69 Å². The van der Waals surface area contributed by atoms with Crippen LogP contribution in [0, 0.1) is 28.5 Å². The standard InChI is InChI=1S/C12H12FN5O/c13-10-2-1-9(16)7-11(10)17-12(19)8-18(5-3-14)6-4-15/h1-2,7H,5-6,8,16H2,(H,17,19). The summed E-state index contributed by atoms with van der Waals surface area (Å²) in [5, 5.41) is 19.4. The average Bonchev–Trinajstić information content (AvgIpc) is 2.34. The zero-order valence-corrected chi connectivity index (χ0v) is 10.1. The van der Waals surface area contributed by atoms with E-state index in [4.69, 9.17) is 16.3 Å². The normalized spacial score (nSPS) is 9.68. The molecular formula is C12H12FN5O. The predicted octanol–water partition coefficient (Wildman–Crippen LogP) is 0.696. The highest BCUT2D eigenvalue weighted by atomic mass is 19.1. The van der Waals surface area contributed by atoms with Gasteiger partial charge in [0.25, 0.3) is 0 Å². The van der Waals surface area contributed by atoms with Gasteiger partial charge in [0.15, 0.2) is 0 Å². The first-order chi connectivity index (χ1) is 9.06. The molecule has 0 radical (unpaired) electrons. The van der Waals surface area contributed by atoms with Gasteiger partial charge in [-0.15, -0.1) is 0 Å². The Balaban J connectivity index is 2.67. The van der Waals surface area contributed by atoms with Gasteiger partial charge in [0.05, 0.1) is 37.5 Å². The highest BCUT2D eigenvalue weighted by Gasteiger charge is 2.12. The summed E-state index contributed by atoms with van der Waals surface area (Å²) in [6, 6.07) is 7.51. The summed E-state index contributed by atoms with van der Waals surface area (Å²) in [6.07, 6.45) is 0. The molecule has 98 valence electrons. The van der Waals surface area contributed by atoms with Crippen LogP contribution in [0.5, 0.6) is 0 Å². The number of hydrogen-bond donors (Lipinski definition) is 2. The third kappa shape index (κ3) is 4.62. The summed E-state index contributed by atoms with van der Waals surface area (Å²) < 4.78 is 13.4. The van der Waals surface area contributed by atoms with Crippen molar-refractivity contribution in [3.8, 4) is 12.1 Å². The zero-order valence-electron chi connectivity index (χ0n) is 10.1. The number of hydrogen-bond acceptors (Lipinski definition) is 5. The van der Waals surface area contributed by atoms with Gasteiger partial charge in [-0.3, -0.25) is 9.69 Å². The van der Waals surface area contributed by atoms with Gasteiger partial charge in [0.2, 0.25) is 5.91 Å². The lowest BCUT2D eigenvalue weighted by Gasteiger charge is -2.15. The maximum Gasteiger partial charge on any atom is 0.238 e. The molecule has 7 heteroatoms. The molecule has 0 atom stereocenters. The molecule has 0 saturated carbocycles. The second-order valence-corrected chi connectivity index (χ2v) is 3.75. The molecule has 0 aliphatic carbocycles. The molecule has 1 aromatic carbocycles. The number of carbonyl (C=O) groups is 1. The minimum Gasteiger partial charge on any atom is -0.399 e. The van der Waals surface area contributed by atoms with Crippen molar-refractivity contribution in [1.29, 1.82) is 10.5 Å². The predicted molar refractivity (Wildman–Crippen MR) is 67.1 cm³/mol. The van der Waals surface area contributed by atoms with E-state index in [0.29, 0.717) is 5.69 Å². The molecule has 0 bridgehead atoms. The Hall–Kier alpha value is -2.64. The number of nitrogens with one attached hydrogen (secondary N) is 1. The third-order valence-corrected chi connectivity index (χ3v) is 2.22. The lowest BCUT2D eigenvalue weighted by atomic mass is 10.2. The fraction of sp³-hybridized carbons (Fsp3) is 0.250. The van der Waals surface area contributed by atoms with Crippen LogP contribution in [-0.2, 0) is 4.79 Å². The quantitative estimate of drug-likeness (QED) is 0.599. The lowest BCUT2D eigenvalue weighted by molar-refractivity contribution is -0.117. The molecule has 0 aliphatic heterocycles. The number of nitrogens with two attached hydrogens (primary N) is 1. The van der Waals surface area contributed by atoms with E-state index < -0.39 is 11.7 Å². The average molecular weight is 261 g/mol. The summed E-state index contributed by atoms with van der Waals surface area (Å²) in [4.78, 5) is 13.0. The van der Waals surface area contributed by atoms with Crippen LogP contribution in [0.15, 0.2) is 18.2 Å².